The highest BCUT2D eigenvalue weighted by Gasteiger charge is 2.15. The van der Waals surface area contributed by atoms with Crippen LogP contribution in [-0.4, -0.2) is 9.38 Å². The third-order valence-corrected chi connectivity index (χ3v) is 4.57. The third kappa shape index (κ3) is 2.95. The van der Waals surface area contributed by atoms with Crippen molar-refractivity contribution in [1.82, 2.24) is 9.38 Å². The minimum atomic E-state index is -0.0673. The fraction of sp³-hybridized carbons (Fsp3) is 0.235. The smallest absolute Gasteiger partial charge is 0.137 e. The molecule has 0 fully saturated rings. The summed E-state index contributed by atoms with van der Waals surface area (Å²) in [7, 11) is 0. The van der Waals surface area contributed by atoms with Gasteiger partial charge in [0.25, 0.3) is 0 Å². The van der Waals surface area contributed by atoms with Crippen molar-refractivity contribution in [2.75, 3.05) is 0 Å². The second-order valence-corrected chi connectivity index (χ2v) is 6.31. The molecule has 3 rings (SSSR count). The van der Waals surface area contributed by atoms with E-state index in [-0.39, 0.29) is 6.04 Å². The first-order chi connectivity index (χ1) is 11.0. The highest BCUT2D eigenvalue weighted by Crippen LogP contribution is 2.33. The van der Waals surface area contributed by atoms with E-state index in [1.165, 1.54) is 0 Å². The summed E-state index contributed by atoms with van der Waals surface area (Å²) in [5.41, 5.74) is 16.7. The molecule has 2 heterocycles. The number of benzene rings is 1. The largest absolute Gasteiger partial charge is 0.326 e. The molecule has 4 N–H and O–H groups in total. The van der Waals surface area contributed by atoms with Crippen LogP contribution in [0.5, 0.6) is 0 Å². The molecule has 0 amide bonds. The Morgan fingerprint density at radius 1 is 1.22 bits per heavy atom. The van der Waals surface area contributed by atoms with Crippen molar-refractivity contribution in [3.63, 3.8) is 0 Å². The molecule has 0 saturated carbocycles. The standard InChI is InChI=1S/C17H18Cl2N4/c1-2-15(21)16-8-22-17-5-10(7-20)13(9-23(16)17)12-4-3-11(18)6-14(12)19/h3-6,8-9,15H,2,7,20-21H2,1H3. The van der Waals surface area contributed by atoms with Crippen molar-refractivity contribution in [1.29, 1.82) is 0 Å². The molecule has 0 bridgehead atoms. The van der Waals surface area contributed by atoms with Gasteiger partial charge in [0.15, 0.2) is 0 Å². The second-order valence-electron chi connectivity index (χ2n) is 5.47. The number of fused-ring (bicyclic) bond motifs is 1. The van der Waals surface area contributed by atoms with Gasteiger partial charge in [0.1, 0.15) is 5.65 Å². The molecule has 23 heavy (non-hydrogen) atoms. The molecule has 2 aromatic heterocycles. The summed E-state index contributed by atoms with van der Waals surface area (Å²) in [4.78, 5) is 4.44. The van der Waals surface area contributed by atoms with Crippen LogP contribution in [0, 0.1) is 0 Å². The fourth-order valence-electron chi connectivity index (χ4n) is 2.68. The number of nitrogens with zero attached hydrogens (tertiary/aromatic N) is 2. The number of nitrogens with two attached hydrogens (primary N) is 2. The fourth-order valence-corrected chi connectivity index (χ4v) is 3.20. The lowest BCUT2D eigenvalue weighted by atomic mass is 10.0. The summed E-state index contributed by atoms with van der Waals surface area (Å²) in [6.07, 6.45) is 4.66. The van der Waals surface area contributed by atoms with Crippen LogP contribution in [0.25, 0.3) is 16.8 Å². The molecule has 0 radical (unpaired) electrons. The van der Waals surface area contributed by atoms with Gasteiger partial charge in [0.2, 0.25) is 0 Å². The first-order valence-corrected chi connectivity index (χ1v) is 8.21. The van der Waals surface area contributed by atoms with Gasteiger partial charge in [-0.15, -0.1) is 0 Å². The molecule has 1 aromatic carbocycles. The lowest BCUT2D eigenvalue weighted by Gasteiger charge is -2.14. The van der Waals surface area contributed by atoms with Gasteiger partial charge in [0, 0.05) is 40.0 Å². The lowest BCUT2D eigenvalue weighted by molar-refractivity contribution is 0.669. The Bertz CT molecular complexity index is 857. The van der Waals surface area contributed by atoms with Crippen molar-refractivity contribution in [3.8, 4) is 11.1 Å². The summed E-state index contributed by atoms with van der Waals surface area (Å²) < 4.78 is 2.01. The maximum atomic E-state index is 6.37. The highest BCUT2D eigenvalue weighted by molar-refractivity contribution is 6.36. The molecular weight excluding hydrogens is 331 g/mol. The van der Waals surface area contributed by atoms with Crippen molar-refractivity contribution < 1.29 is 0 Å². The van der Waals surface area contributed by atoms with Crippen LogP contribution >= 0.6 is 23.2 Å². The maximum absolute atomic E-state index is 6.37. The minimum Gasteiger partial charge on any atom is -0.326 e. The molecule has 3 aromatic rings. The summed E-state index contributed by atoms with van der Waals surface area (Å²) >= 11 is 12.4. The van der Waals surface area contributed by atoms with Gasteiger partial charge >= 0.3 is 0 Å². The molecule has 4 nitrogen and oxygen atoms in total. The summed E-state index contributed by atoms with van der Waals surface area (Å²) in [6, 6.07) is 7.37. The van der Waals surface area contributed by atoms with E-state index in [1.54, 1.807) is 6.07 Å². The van der Waals surface area contributed by atoms with Gasteiger partial charge in [0.05, 0.1) is 11.9 Å². The molecule has 0 saturated heterocycles. The normalized spacial score (nSPS) is 12.7. The lowest BCUT2D eigenvalue weighted by Crippen LogP contribution is -2.12. The van der Waals surface area contributed by atoms with Crippen molar-refractivity contribution >= 4 is 28.8 Å². The number of imidazole rings is 1. The zero-order valence-electron chi connectivity index (χ0n) is 12.8. The molecule has 0 aliphatic heterocycles. The van der Waals surface area contributed by atoms with Crippen LogP contribution < -0.4 is 11.5 Å². The van der Waals surface area contributed by atoms with E-state index in [1.807, 2.05) is 35.0 Å². The van der Waals surface area contributed by atoms with Crippen LogP contribution in [0.1, 0.15) is 30.6 Å². The van der Waals surface area contributed by atoms with Gasteiger partial charge in [-0.2, -0.15) is 0 Å². The van der Waals surface area contributed by atoms with Crippen molar-refractivity contribution in [2.45, 2.75) is 25.9 Å². The Kier molecular flexibility index (Phi) is 4.60. The highest BCUT2D eigenvalue weighted by atomic mass is 35.5. The Morgan fingerprint density at radius 2 is 2.00 bits per heavy atom. The molecule has 1 unspecified atom stereocenters. The van der Waals surface area contributed by atoms with E-state index in [0.29, 0.717) is 16.6 Å². The van der Waals surface area contributed by atoms with Crippen LogP contribution in [0.4, 0.5) is 0 Å². The molecule has 0 aliphatic carbocycles. The topological polar surface area (TPSA) is 69.3 Å². The zero-order valence-corrected chi connectivity index (χ0v) is 14.3. The SMILES string of the molecule is CCC(N)c1cnc2cc(CN)c(-c3ccc(Cl)cc3Cl)cn12. The Hall–Kier alpha value is -1.59. The molecular formula is C17H18Cl2N4. The molecule has 0 aliphatic rings. The van der Waals surface area contributed by atoms with Gasteiger partial charge in [-0.3, -0.25) is 0 Å². The van der Waals surface area contributed by atoms with E-state index in [4.69, 9.17) is 34.7 Å². The summed E-state index contributed by atoms with van der Waals surface area (Å²) in [6.45, 7) is 2.45. The molecule has 1 atom stereocenters. The monoisotopic (exact) mass is 348 g/mol. The van der Waals surface area contributed by atoms with E-state index >= 15 is 0 Å². The van der Waals surface area contributed by atoms with Gasteiger partial charge in [-0.25, -0.2) is 4.98 Å². The number of rotatable bonds is 4. The van der Waals surface area contributed by atoms with E-state index in [9.17, 15) is 0 Å². The molecule has 120 valence electrons. The number of pyridine rings is 1. The Balaban J connectivity index is 2.26. The van der Waals surface area contributed by atoms with Crippen LogP contribution in [0.3, 0.4) is 0 Å². The average molecular weight is 349 g/mol. The van der Waals surface area contributed by atoms with E-state index in [0.717, 1.165) is 34.5 Å². The first-order valence-electron chi connectivity index (χ1n) is 7.46. The number of halogens is 2. The van der Waals surface area contributed by atoms with Crippen molar-refractivity contribution in [3.05, 3.63) is 58.0 Å². The van der Waals surface area contributed by atoms with Crippen LogP contribution in [-0.2, 0) is 6.54 Å². The zero-order chi connectivity index (χ0) is 16.6. The summed E-state index contributed by atoms with van der Waals surface area (Å²) in [5, 5.41) is 1.19. The minimum absolute atomic E-state index is 0.0673. The Morgan fingerprint density at radius 3 is 2.65 bits per heavy atom. The Labute approximate surface area is 145 Å². The number of aromatic nitrogens is 2. The van der Waals surface area contributed by atoms with E-state index in [2.05, 4.69) is 11.9 Å². The van der Waals surface area contributed by atoms with Crippen molar-refractivity contribution in [2.24, 2.45) is 11.5 Å². The number of hydrogen-bond donors (Lipinski definition) is 2. The number of hydrogen-bond acceptors (Lipinski definition) is 3. The van der Waals surface area contributed by atoms with Gasteiger partial charge in [-0.1, -0.05) is 36.2 Å². The quantitative estimate of drug-likeness (QED) is 0.742. The molecule has 0 spiro atoms. The van der Waals surface area contributed by atoms with Crippen LogP contribution in [0.2, 0.25) is 10.0 Å². The molecule has 6 heteroatoms. The van der Waals surface area contributed by atoms with E-state index < -0.39 is 0 Å². The maximum Gasteiger partial charge on any atom is 0.137 e. The summed E-state index contributed by atoms with van der Waals surface area (Å²) in [5.74, 6) is 0. The average Bonchev–Trinajstić information content (AvgIpc) is 2.95. The predicted octanol–water partition coefficient (Wildman–Crippen LogP) is 4.18. The van der Waals surface area contributed by atoms with Crippen LogP contribution in [0.15, 0.2) is 36.7 Å². The van der Waals surface area contributed by atoms with Gasteiger partial charge in [-0.05, 0) is 30.2 Å². The second kappa shape index (κ2) is 6.49. The van der Waals surface area contributed by atoms with Gasteiger partial charge < -0.3 is 15.9 Å². The predicted molar refractivity (Wildman–Crippen MR) is 95.8 cm³/mol. The third-order valence-electron chi connectivity index (χ3n) is 4.02. The first kappa shape index (κ1) is 16.3.